The summed E-state index contributed by atoms with van der Waals surface area (Å²) in [5.74, 6) is 0.727. The second-order valence-corrected chi connectivity index (χ2v) is 2.95. The zero-order chi connectivity index (χ0) is 9.14. The number of furan rings is 1. The molecule has 1 aromatic heterocycles. The van der Waals surface area contributed by atoms with Gasteiger partial charge in [0.2, 0.25) is 0 Å². The zero-order valence-electron chi connectivity index (χ0n) is 7.20. The van der Waals surface area contributed by atoms with E-state index in [0.717, 1.165) is 11.5 Å². The van der Waals surface area contributed by atoms with Crippen LogP contribution in [0.15, 0.2) is 16.5 Å². The van der Waals surface area contributed by atoms with Crippen LogP contribution in [0.1, 0.15) is 30.8 Å². The van der Waals surface area contributed by atoms with Crippen LogP contribution in [0.4, 0.5) is 0 Å². The standard InChI is InChI=1S/C9H12O3/c1-6(5-9(10)11)8-4-3-7(2)12-8/h3-4,6H,5H2,1-2H3,(H,10,11)/t6-/m1/s1. The second kappa shape index (κ2) is 3.43. The Balaban J connectivity index is 2.64. The van der Waals surface area contributed by atoms with Gasteiger partial charge >= 0.3 is 5.97 Å². The lowest BCUT2D eigenvalue weighted by Gasteiger charge is -2.03. The summed E-state index contributed by atoms with van der Waals surface area (Å²) < 4.78 is 5.28. The summed E-state index contributed by atoms with van der Waals surface area (Å²) in [7, 11) is 0. The van der Waals surface area contributed by atoms with Gasteiger partial charge in [0.25, 0.3) is 0 Å². The molecule has 0 saturated heterocycles. The molecule has 0 spiro atoms. The fourth-order valence-corrected chi connectivity index (χ4v) is 1.08. The summed E-state index contributed by atoms with van der Waals surface area (Å²) in [5, 5.41) is 8.51. The summed E-state index contributed by atoms with van der Waals surface area (Å²) in [6.07, 6.45) is 0.118. The molecule has 0 saturated carbocycles. The van der Waals surface area contributed by atoms with Crippen LogP contribution < -0.4 is 0 Å². The van der Waals surface area contributed by atoms with Gasteiger partial charge in [-0.3, -0.25) is 4.79 Å². The van der Waals surface area contributed by atoms with Gasteiger partial charge in [-0.15, -0.1) is 0 Å². The summed E-state index contributed by atoms with van der Waals surface area (Å²) in [4.78, 5) is 10.3. The monoisotopic (exact) mass is 168 g/mol. The Hall–Kier alpha value is -1.25. The molecule has 0 aromatic carbocycles. The van der Waals surface area contributed by atoms with Crippen LogP contribution in [-0.2, 0) is 4.79 Å². The van der Waals surface area contributed by atoms with E-state index in [1.54, 1.807) is 0 Å². The normalized spacial score (nSPS) is 12.8. The van der Waals surface area contributed by atoms with Crippen LogP contribution in [0.5, 0.6) is 0 Å². The number of carboxylic acids is 1. The van der Waals surface area contributed by atoms with E-state index < -0.39 is 5.97 Å². The Morgan fingerprint density at radius 1 is 1.67 bits per heavy atom. The van der Waals surface area contributed by atoms with Gasteiger partial charge in [0.05, 0.1) is 6.42 Å². The Morgan fingerprint density at radius 2 is 2.33 bits per heavy atom. The number of hydrogen-bond acceptors (Lipinski definition) is 2. The first-order chi connectivity index (χ1) is 5.59. The molecule has 1 atom stereocenters. The number of carboxylic acid groups (broad SMARTS) is 1. The summed E-state index contributed by atoms with van der Waals surface area (Å²) >= 11 is 0. The third-order valence-electron chi connectivity index (χ3n) is 1.73. The Labute approximate surface area is 71.0 Å². The molecule has 1 N–H and O–H groups in total. The first kappa shape index (κ1) is 8.84. The zero-order valence-corrected chi connectivity index (χ0v) is 7.20. The first-order valence-electron chi connectivity index (χ1n) is 3.87. The molecule has 0 aliphatic carbocycles. The Bertz CT molecular complexity index is 275. The van der Waals surface area contributed by atoms with Crippen molar-refractivity contribution in [2.45, 2.75) is 26.2 Å². The number of carbonyl (C=O) groups is 1. The third-order valence-corrected chi connectivity index (χ3v) is 1.73. The first-order valence-corrected chi connectivity index (χ1v) is 3.87. The highest BCUT2D eigenvalue weighted by atomic mass is 16.4. The van der Waals surface area contributed by atoms with Crippen LogP contribution in [0.25, 0.3) is 0 Å². The van der Waals surface area contributed by atoms with Gasteiger partial charge in [-0.1, -0.05) is 6.92 Å². The van der Waals surface area contributed by atoms with Gasteiger partial charge in [0.15, 0.2) is 0 Å². The molecular weight excluding hydrogens is 156 g/mol. The molecular formula is C9H12O3. The highest BCUT2D eigenvalue weighted by Gasteiger charge is 2.12. The van der Waals surface area contributed by atoms with E-state index in [9.17, 15) is 4.79 Å². The van der Waals surface area contributed by atoms with Gasteiger partial charge in [-0.05, 0) is 19.1 Å². The molecule has 0 aliphatic rings. The molecule has 1 heterocycles. The highest BCUT2D eigenvalue weighted by molar-refractivity contribution is 5.67. The van der Waals surface area contributed by atoms with Crippen LogP contribution in [0.3, 0.4) is 0 Å². The highest BCUT2D eigenvalue weighted by Crippen LogP contribution is 2.20. The summed E-state index contributed by atoms with van der Waals surface area (Å²) in [6, 6.07) is 3.66. The molecule has 0 fully saturated rings. The van der Waals surface area contributed by atoms with Crippen molar-refractivity contribution in [3.63, 3.8) is 0 Å². The number of aliphatic carboxylic acids is 1. The van der Waals surface area contributed by atoms with Crippen LogP contribution in [0, 0.1) is 6.92 Å². The molecule has 0 radical (unpaired) electrons. The van der Waals surface area contributed by atoms with E-state index in [4.69, 9.17) is 9.52 Å². The quantitative estimate of drug-likeness (QED) is 0.752. The fraction of sp³-hybridized carbons (Fsp3) is 0.444. The average molecular weight is 168 g/mol. The minimum Gasteiger partial charge on any atom is -0.481 e. The Kier molecular flexibility index (Phi) is 2.53. The minimum atomic E-state index is -0.795. The van der Waals surface area contributed by atoms with Crippen molar-refractivity contribution in [3.8, 4) is 0 Å². The third kappa shape index (κ3) is 2.12. The van der Waals surface area contributed by atoms with E-state index in [1.165, 1.54) is 0 Å². The van der Waals surface area contributed by atoms with Crippen LogP contribution >= 0.6 is 0 Å². The molecule has 0 aliphatic heterocycles. The Morgan fingerprint density at radius 3 is 2.75 bits per heavy atom. The maximum atomic E-state index is 10.3. The molecule has 3 nitrogen and oxygen atoms in total. The molecule has 0 amide bonds. The van der Waals surface area contributed by atoms with Crippen LogP contribution in [-0.4, -0.2) is 11.1 Å². The minimum absolute atomic E-state index is 0.0452. The van der Waals surface area contributed by atoms with E-state index in [-0.39, 0.29) is 12.3 Å². The van der Waals surface area contributed by atoms with E-state index in [2.05, 4.69) is 0 Å². The maximum Gasteiger partial charge on any atom is 0.304 e. The van der Waals surface area contributed by atoms with Crippen molar-refractivity contribution in [1.82, 2.24) is 0 Å². The second-order valence-electron chi connectivity index (χ2n) is 2.95. The van der Waals surface area contributed by atoms with E-state index in [0.29, 0.717) is 0 Å². The van der Waals surface area contributed by atoms with Crippen molar-refractivity contribution in [1.29, 1.82) is 0 Å². The fourth-order valence-electron chi connectivity index (χ4n) is 1.08. The SMILES string of the molecule is Cc1ccc([C@H](C)CC(=O)O)o1. The number of hydrogen-bond donors (Lipinski definition) is 1. The molecule has 0 unspecified atom stereocenters. The lowest BCUT2D eigenvalue weighted by Crippen LogP contribution is -2.01. The number of aryl methyl sites for hydroxylation is 1. The molecule has 66 valence electrons. The maximum absolute atomic E-state index is 10.3. The van der Waals surface area contributed by atoms with Gasteiger partial charge in [-0.2, -0.15) is 0 Å². The molecule has 12 heavy (non-hydrogen) atoms. The van der Waals surface area contributed by atoms with Crippen molar-refractivity contribution >= 4 is 5.97 Å². The van der Waals surface area contributed by atoms with Crippen molar-refractivity contribution in [3.05, 3.63) is 23.7 Å². The predicted molar refractivity (Wildman–Crippen MR) is 44.1 cm³/mol. The largest absolute Gasteiger partial charge is 0.481 e. The lowest BCUT2D eigenvalue weighted by atomic mass is 10.1. The van der Waals surface area contributed by atoms with Crippen LogP contribution in [0.2, 0.25) is 0 Å². The lowest BCUT2D eigenvalue weighted by molar-refractivity contribution is -0.137. The van der Waals surface area contributed by atoms with Gasteiger partial charge in [0, 0.05) is 5.92 Å². The molecule has 1 aromatic rings. The summed E-state index contributed by atoms with van der Waals surface area (Å²) in [5.41, 5.74) is 0. The van der Waals surface area contributed by atoms with Crippen molar-refractivity contribution in [2.75, 3.05) is 0 Å². The van der Waals surface area contributed by atoms with Gasteiger partial charge < -0.3 is 9.52 Å². The molecule has 3 heteroatoms. The van der Waals surface area contributed by atoms with E-state index in [1.807, 2.05) is 26.0 Å². The van der Waals surface area contributed by atoms with E-state index >= 15 is 0 Å². The molecule has 0 bridgehead atoms. The average Bonchev–Trinajstić information content (AvgIpc) is 2.34. The van der Waals surface area contributed by atoms with Crippen molar-refractivity contribution < 1.29 is 14.3 Å². The van der Waals surface area contributed by atoms with Crippen molar-refractivity contribution in [2.24, 2.45) is 0 Å². The topological polar surface area (TPSA) is 50.4 Å². The molecule has 1 rings (SSSR count). The predicted octanol–water partition coefficient (Wildman–Crippen LogP) is 2.17. The van der Waals surface area contributed by atoms with Gasteiger partial charge in [-0.25, -0.2) is 0 Å². The van der Waals surface area contributed by atoms with Gasteiger partial charge in [0.1, 0.15) is 11.5 Å². The summed E-state index contributed by atoms with van der Waals surface area (Å²) in [6.45, 7) is 3.68. The number of rotatable bonds is 3. The smallest absolute Gasteiger partial charge is 0.304 e.